The van der Waals surface area contributed by atoms with Gasteiger partial charge in [0.1, 0.15) is 13.2 Å². The summed E-state index contributed by atoms with van der Waals surface area (Å²) in [6.07, 6.45) is 1.71. The van der Waals surface area contributed by atoms with Crippen molar-refractivity contribution in [2.24, 2.45) is 0 Å². The van der Waals surface area contributed by atoms with Crippen LogP contribution < -0.4 is 9.47 Å². The van der Waals surface area contributed by atoms with Gasteiger partial charge in [0.15, 0.2) is 11.5 Å². The number of hydrogen-bond acceptors (Lipinski definition) is 5. The highest BCUT2D eigenvalue weighted by Gasteiger charge is 2.16. The van der Waals surface area contributed by atoms with Gasteiger partial charge in [0.05, 0.1) is 11.1 Å². The Morgan fingerprint density at radius 3 is 2.89 bits per heavy atom. The van der Waals surface area contributed by atoms with Crippen molar-refractivity contribution in [3.63, 3.8) is 0 Å². The maximum absolute atomic E-state index is 10.2. The molecule has 5 heteroatoms. The lowest BCUT2D eigenvalue weighted by molar-refractivity contribution is 0.164. The first-order valence-electron chi connectivity index (χ1n) is 5.79. The molecule has 2 heterocycles. The number of fused-ring (bicyclic) bond motifs is 1. The summed E-state index contributed by atoms with van der Waals surface area (Å²) in [6, 6.07) is 5.55. The number of hydrogen-bond donors (Lipinski definition) is 1. The van der Waals surface area contributed by atoms with Crippen molar-refractivity contribution in [1.29, 1.82) is 0 Å². The molecule has 1 aromatic heterocycles. The minimum absolute atomic E-state index is 0.525. The van der Waals surface area contributed by atoms with Crippen LogP contribution in [0.25, 0.3) is 0 Å². The van der Waals surface area contributed by atoms with Gasteiger partial charge in [-0.3, -0.25) is 0 Å². The fourth-order valence-corrected chi connectivity index (χ4v) is 2.56. The van der Waals surface area contributed by atoms with E-state index < -0.39 is 6.10 Å². The summed E-state index contributed by atoms with van der Waals surface area (Å²) in [7, 11) is 0. The van der Waals surface area contributed by atoms with Gasteiger partial charge in [-0.05, 0) is 17.7 Å². The highest BCUT2D eigenvalue weighted by molar-refractivity contribution is 7.09. The summed E-state index contributed by atoms with van der Waals surface area (Å²) < 4.78 is 10.9. The second kappa shape index (κ2) is 4.96. The van der Waals surface area contributed by atoms with Crippen LogP contribution in [0.3, 0.4) is 0 Å². The summed E-state index contributed by atoms with van der Waals surface area (Å²) in [5.74, 6) is 1.45. The summed E-state index contributed by atoms with van der Waals surface area (Å²) in [5, 5.41) is 13.0. The number of ether oxygens (including phenoxy) is 2. The van der Waals surface area contributed by atoms with E-state index in [-0.39, 0.29) is 0 Å². The average molecular weight is 263 g/mol. The number of nitrogens with zero attached hydrogens (tertiary/aromatic N) is 1. The normalized spacial score (nSPS) is 15.4. The molecule has 0 bridgehead atoms. The molecule has 18 heavy (non-hydrogen) atoms. The van der Waals surface area contributed by atoms with Crippen LogP contribution in [-0.2, 0) is 6.42 Å². The maximum Gasteiger partial charge on any atom is 0.161 e. The molecule has 1 aliphatic heterocycles. The van der Waals surface area contributed by atoms with Crippen LogP contribution in [0.1, 0.15) is 16.7 Å². The van der Waals surface area contributed by atoms with E-state index in [9.17, 15) is 5.11 Å². The topological polar surface area (TPSA) is 51.6 Å². The van der Waals surface area contributed by atoms with Crippen molar-refractivity contribution in [2.45, 2.75) is 12.5 Å². The molecule has 0 aliphatic carbocycles. The van der Waals surface area contributed by atoms with Crippen molar-refractivity contribution in [1.82, 2.24) is 4.98 Å². The number of aliphatic hydroxyl groups is 1. The Hall–Kier alpha value is -1.59. The molecule has 0 saturated carbocycles. The minimum Gasteiger partial charge on any atom is -0.486 e. The third-order valence-electron chi connectivity index (χ3n) is 2.80. The third kappa shape index (κ3) is 2.32. The molecule has 94 valence electrons. The number of rotatable bonds is 3. The Balaban J connectivity index is 1.79. The van der Waals surface area contributed by atoms with Gasteiger partial charge in [-0.25, -0.2) is 4.98 Å². The number of thiazole rings is 1. The van der Waals surface area contributed by atoms with Crippen molar-refractivity contribution < 1.29 is 14.6 Å². The Labute approximate surface area is 109 Å². The van der Waals surface area contributed by atoms with E-state index in [0.717, 1.165) is 16.3 Å². The van der Waals surface area contributed by atoms with Gasteiger partial charge in [0, 0.05) is 18.0 Å². The predicted molar refractivity (Wildman–Crippen MR) is 68.2 cm³/mol. The molecule has 0 radical (unpaired) electrons. The second-order valence-electron chi connectivity index (χ2n) is 4.05. The molecular weight excluding hydrogens is 250 g/mol. The third-order valence-corrected chi connectivity index (χ3v) is 3.60. The number of aromatic nitrogens is 1. The first-order chi connectivity index (χ1) is 8.83. The van der Waals surface area contributed by atoms with E-state index in [2.05, 4.69) is 4.98 Å². The Morgan fingerprint density at radius 1 is 1.28 bits per heavy atom. The summed E-state index contributed by atoms with van der Waals surface area (Å²) >= 11 is 1.55. The Morgan fingerprint density at radius 2 is 2.11 bits per heavy atom. The smallest absolute Gasteiger partial charge is 0.161 e. The van der Waals surface area contributed by atoms with Crippen molar-refractivity contribution >= 4 is 11.3 Å². The molecule has 1 aromatic carbocycles. The van der Waals surface area contributed by atoms with Crippen LogP contribution in [0.15, 0.2) is 29.8 Å². The van der Waals surface area contributed by atoms with Gasteiger partial charge in [-0.15, -0.1) is 11.3 Å². The first kappa shape index (κ1) is 11.5. The molecule has 0 amide bonds. The molecule has 0 saturated heterocycles. The molecular formula is C13H13NO3S. The van der Waals surface area contributed by atoms with Gasteiger partial charge in [-0.2, -0.15) is 0 Å². The quantitative estimate of drug-likeness (QED) is 0.922. The van der Waals surface area contributed by atoms with Crippen LogP contribution >= 0.6 is 11.3 Å². The van der Waals surface area contributed by atoms with Crippen molar-refractivity contribution in [3.8, 4) is 11.5 Å². The standard InChI is InChI=1S/C13H13NO3S/c15-10(8-13-14-3-6-18-13)9-1-2-11-12(7-9)17-5-4-16-11/h1-3,6-7,10,15H,4-5,8H2. The molecule has 3 rings (SSSR count). The van der Waals surface area contributed by atoms with E-state index in [1.54, 1.807) is 17.5 Å². The molecule has 0 spiro atoms. The zero-order chi connectivity index (χ0) is 12.4. The van der Waals surface area contributed by atoms with E-state index in [4.69, 9.17) is 9.47 Å². The van der Waals surface area contributed by atoms with E-state index in [0.29, 0.717) is 25.4 Å². The van der Waals surface area contributed by atoms with Gasteiger partial charge in [0.25, 0.3) is 0 Å². The van der Waals surface area contributed by atoms with Crippen LogP contribution in [0.4, 0.5) is 0 Å². The zero-order valence-electron chi connectivity index (χ0n) is 9.70. The molecule has 1 unspecified atom stereocenters. The highest BCUT2D eigenvalue weighted by Crippen LogP contribution is 2.33. The molecule has 1 aliphatic rings. The first-order valence-corrected chi connectivity index (χ1v) is 6.67. The lowest BCUT2D eigenvalue weighted by Crippen LogP contribution is -2.15. The van der Waals surface area contributed by atoms with E-state index in [1.807, 2.05) is 23.6 Å². The molecule has 1 N–H and O–H groups in total. The average Bonchev–Trinajstić information content (AvgIpc) is 2.91. The fraction of sp³-hybridized carbons (Fsp3) is 0.308. The highest BCUT2D eigenvalue weighted by atomic mass is 32.1. The lowest BCUT2D eigenvalue weighted by Gasteiger charge is -2.20. The number of aliphatic hydroxyl groups excluding tert-OH is 1. The molecule has 4 nitrogen and oxygen atoms in total. The van der Waals surface area contributed by atoms with Crippen LogP contribution in [0.5, 0.6) is 11.5 Å². The van der Waals surface area contributed by atoms with Crippen molar-refractivity contribution in [2.75, 3.05) is 13.2 Å². The van der Waals surface area contributed by atoms with Crippen LogP contribution in [0, 0.1) is 0 Å². The van der Waals surface area contributed by atoms with Gasteiger partial charge < -0.3 is 14.6 Å². The van der Waals surface area contributed by atoms with Gasteiger partial charge in [0.2, 0.25) is 0 Å². The van der Waals surface area contributed by atoms with Crippen LogP contribution in [-0.4, -0.2) is 23.3 Å². The fourth-order valence-electron chi connectivity index (χ4n) is 1.90. The summed E-state index contributed by atoms with van der Waals surface area (Å²) in [6.45, 7) is 1.13. The largest absolute Gasteiger partial charge is 0.486 e. The van der Waals surface area contributed by atoms with Crippen LogP contribution in [0.2, 0.25) is 0 Å². The van der Waals surface area contributed by atoms with Gasteiger partial charge >= 0.3 is 0 Å². The maximum atomic E-state index is 10.2. The molecule has 0 fully saturated rings. The Kier molecular flexibility index (Phi) is 3.17. The zero-order valence-corrected chi connectivity index (χ0v) is 10.5. The predicted octanol–water partition coefficient (Wildman–Crippen LogP) is 2.19. The summed E-state index contributed by atoms with van der Waals surface area (Å²) in [5.41, 5.74) is 0.828. The van der Waals surface area contributed by atoms with Gasteiger partial charge in [-0.1, -0.05) is 6.07 Å². The summed E-state index contributed by atoms with van der Waals surface area (Å²) in [4.78, 5) is 4.17. The van der Waals surface area contributed by atoms with E-state index >= 15 is 0 Å². The monoisotopic (exact) mass is 263 g/mol. The van der Waals surface area contributed by atoms with Crippen molar-refractivity contribution in [3.05, 3.63) is 40.3 Å². The van der Waals surface area contributed by atoms with E-state index in [1.165, 1.54) is 0 Å². The molecule has 2 aromatic rings. The molecule has 1 atom stereocenters. The second-order valence-corrected chi connectivity index (χ2v) is 5.03. The SMILES string of the molecule is OC(Cc1nccs1)c1ccc2c(c1)OCCO2. The number of benzene rings is 1. The minimum atomic E-state index is -0.563. The Bertz CT molecular complexity index is 527. The lowest BCUT2D eigenvalue weighted by atomic mass is 10.1.